The van der Waals surface area contributed by atoms with Gasteiger partial charge in [-0.2, -0.15) is 13.2 Å². The van der Waals surface area contributed by atoms with E-state index in [4.69, 9.17) is 4.84 Å². The molecule has 1 aliphatic heterocycles. The molecular formula is C22H16F3NO. The van der Waals surface area contributed by atoms with Crippen molar-refractivity contribution in [1.82, 2.24) is 0 Å². The normalized spacial score (nSPS) is 15.9. The maximum Gasteiger partial charge on any atom is 0.416 e. The minimum Gasteiger partial charge on any atom is -0.379 e. The SMILES string of the molecule is FC(F)(F)c1ccc(C2=NOC(c3ccccc3)(c3ccccc3)C2)cc1. The molecule has 0 aromatic heterocycles. The van der Waals surface area contributed by atoms with Crippen molar-refractivity contribution in [3.63, 3.8) is 0 Å². The van der Waals surface area contributed by atoms with Gasteiger partial charge in [-0.1, -0.05) is 78.0 Å². The minimum atomic E-state index is -4.36. The van der Waals surface area contributed by atoms with Crippen LogP contribution in [0.2, 0.25) is 0 Å². The summed E-state index contributed by atoms with van der Waals surface area (Å²) in [4.78, 5) is 5.94. The van der Waals surface area contributed by atoms with Crippen LogP contribution in [0.3, 0.4) is 0 Å². The highest BCUT2D eigenvalue weighted by atomic mass is 19.4. The first-order valence-electron chi connectivity index (χ1n) is 8.53. The number of benzene rings is 3. The quantitative estimate of drug-likeness (QED) is 0.576. The van der Waals surface area contributed by atoms with Crippen LogP contribution in [0.15, 0.2) is 90.1 Å². The zero-order valence-electron chi connectivity index (χ0n) is 14.3. The van der Waals surface area contributed by atoms with Gasteiger partial charge in [-0.25, -0.2) is 0 Å². The summed E-state index contributed by atoms with van der Waals surface area (Å²) < 4.78 is 38.4. The van der Waals surface area contributed by atoms with E-state index in [0.29, 0.717) is 17.7 Å². The van der Waals surface area contributed by atoms with Gasteiger partial charge >= 0.3 is 6.18 Å². The Kier molecular flexibility index (Phi) is 4.22. The Morgan fingerprint density at radius 1 is 0.741 bits per heavy atom. The fourth-order valence-corrected chi connectivity index (χ4v) is 3.33. The minimum absolute atomic E-state index is 0.437. The Morgan fingerprint density at radius 2 is 1.26 bits per heavy atom. The van der Waals surface area contributed by atoms with Gasteiger partial charge in [0.1, 0.15) is 0 Å². The third kappa shape index (κ3) is 3.21. The maximum absolute atomic E-state index is 12.8. The molecule has 0 saturated carbocycles. The summed E-state index contributed by atoms with van der Waals surface area (Å²) in [6, 6.07) is 24.5. The van der Waals surface area contributed by atoms with Crippen molar-refractivity contribution in [2.75, 3.05) is 0 Å². The lowest BCUT2D eigenvalue weighted by Crippen LogP contribution is -2.28. The van der Waals surface area contributed by atoms with E-state index in [2.05, 4.69) is 5.16 Å². The number of alkyl halides is 3. The predicted octanol–water partition coefficient (Wildman–Crippen LogP) is 5.77. The molecule has 5 heteroatoms. The topological polar surface area (TPSA) is 21.6 Å². The number of rotatable bonds is 3. The molecule has 4 rings (SSSR count). The number of hydrogen-bond donors (Lipinski definition) is 0. The highest BCUT2D eigenvalue weighted by Crippen LogP contribution is 2.42. The van der Waals surface area contributed by atoms with Gasteiger partial charge in [0.15, 0.2) is 5.60 Å². The molecule has 3 aromatic carbocycles. The van der Waals surface area contributed by atoms with Gasteiger partial charge in [0, 0.05) is 17.5 Å². The van der Waals surface area contributed by atoms with E-state index in [-0.39, 0.29) is 0 Å². The molecule has 2 nitrogen and oxygen atoms in total. The largest absolute Gasteiger partial charge is 0.416 e. The van der Waals surface area contributed by atoms with Gasteiger partial charge in [-0.15, -0.1) is 0 Å². The van der Waals surface area contributed by atoms with Crippen molar-refractivity contribution in [1.29, 1.82) is 0 Å². The van der Waals surface area contributed by atoms with Gasteiger partial charge in [0.2, 0.25) is 0 Å². The van der Waals surface area contributed by atoms with E-state index in [1.807, 2.05) is 60.7 Å². The monoisotopic (exact) mass is 367 g/mol. The van der Waals surface area contributed by atoms with Crippen molar-refractivity contribution in [2.45, 2.75) is 18.2 Å². The van der Waals surface area contributed by atoms with Crippen molar-refractivity contribution >= 4 is 5.71 Å². The zero-order valence-corrected chi connectivity index (χ0v) is 14.3. The Bertz CT molecular complexity index is 909. The molecule has 0 saturated heterocycles. The smallest absolute Gasteiger partial charge is 0.379 e. The van der Waals surface area contributed by atoms with Crippen molar-refractivity contribution < 1.29 is 18.0 Å². The van der Waals surface area contributed by atoms with Crippen LogP contribution in [0.1, 0.15) is 28.7 Å². The average molecular weight is 367 g/mol. The number of hydrogen-bond acceptors (Lipinski definition) is 2. The van der Waals surface area contributed by atoms with Crippen molar-refractivity contribution in [3.8, 4) is 0 Å². The summed E-state index contributed by atoms with van der Waals surface area (Å²) in [6.45, 7) is 0. The summed E-state index contributed by atoms with van der Waals surface area (Å²) in [7, 11) is 0. The molecular weight excluding hydrogens is 351 g/mol. The van der Waals surface area contributed by atoms with Crippen LogP contribution in [0.5, 0.6) is 0 Å². The lowest BCUT2D eigenvalue weighted by molar-refractivity contribution is -0.137. The van der Waals surface area contributed by atoms with Crippen LogP contribution in [0.25, 0.3) is 0 Å². The lowest BCUT2D eigenvalue weighted by Gasteiger charge is -2.27. The predicted molar refractivity (Wildman–Crippen MR) is 97.3 cm³/mol. The van der Waals surface area contributed by atoms with Crippen LogP contribution in [-0.2, 0) is 16.6 Å². The molecule has 0 N–H and O–H groups in total. The van der Waals surface area contributed by atoms with Crippen LogP contribution >= 0.6 is 0 Å². The molecule has 1 heterocycles. The highest BCUT2D eigenvalue weighted by Gasteiger charge is 2.43. The fraction of sp³-hybridized carbons (Fsp3) is 0.136. The summed E-state index contributed by atoms with van der Waals surface area (Å²) in [5.74, 6) is 0. The number of halogens is 3. The first kappa shape index (κ1) is 17.3. The van der Waals surface area contributed by atoms with Gasteiger partial charge in [0.25, 0.3) is 0 Å². The van der Waals surface area contributed by atoms with Crippen LogP contribution in [0, 0.1) is 0 Å². The Labute approximate surface area is 154 Å². The van der Waals surface area contributed by atoms with E-state index in [9.17, 15) is 13.2 Å². The standard InChI is InChI=1S/C22H16F3NO/c23-22(24,25)19-13-11-16(12-14-19)20-15-21(27-26-20,17-7-3-1-4-8-17)18-9-5-2-6-10-18/h1-14H,15H2. The van der Waals surface area contributed by atoms with Gasteiger partial charge in [-0.3, -0.25) is 0 Å². The summed E-state index contributed by atoms with van der Waals surface area (Å²) in [6.07, 6.45) is -3.92. The second-order valence-corrected chi connectivity index (χ2v) is 6.44. The highest BCUT2D eigenvalue weighted by molar-refractivity contribution is 6.02. The van der Waals surface area contributed by atoms with Crippen LogP contribution < -0.4 is 0 Å². The third-order valence-electron chi connectivity index (χ3n) is 4.75. The number of nitrogens with zero attached hydrogens (tertiary/aromatic N) is 1. The average Bonchev–Trinajstić information content (AvgIpc) is 3.16. The van der Waals surface area contributed by atoms with Crippen LogP contribution in [0.4, 0.5) is 13.2 Å². The summed E-state index contributed by atoms with van der Waals surface area (Å²) >= 11 is 0. The molecule has 0 spiro atoms. The second-order valence-electron chi connectivity index (χ2n) is 6.44. The molecule has 0 unspecified atom stereocenters. The molecule has 0 radical (unpaired) electrons. The summed E-state index contributed by atoms with van der Waals surface area (Å²) in [5, 5.41) is 4.24. The van der Waals surface area contributed by atoms with Gasteiger partial charge in [-0.05, 0) is 17.7 Å². The Hall–Kier alpha value is -3.08. The summed E-state index contributed by atoms with van der Waals surface area (Å²) in [5.41, 5.74) is 1.67. The first-order valence-corrected chi connectivity index (χ1v) is 8.53. The first-order chi connectivity index (χ1) is 13.0. The molecule has 0 aliphatic carbocycles. The van der Waals surface area contributed by atoms with E-state index < -0.39 is 17.3 Å². The molecule has 1 aliphatic rings. The number of oxime groups is 1. The van der Waals surface area contributed by atoms with E-state index >= 15 is 0 Å². The molecule has 3 aromatic rings. The van der Waals surface area contributed by atoms with Crippen molar-refractivity contribution in [2.24, 2.45) is 5.16 Å². The third-order valence-corrected chi connectivity index (χ3v) is 4.75. The van der Waals surface area contributed by atoms with E-state index in [1.165, 1.54) is 12.1 Å². The van der Waals surface area contributed by atoms with Gasteiger partial charge in [0.05, 0.1) is 11.3 Å². The Morgan fingerprint density at radius 3 is 1.74 bits per heavy atom. The maximum atomic E-state index is 12.8. The second kappa shape index (κ2) is 6.58. The lowest BCUT2D eigenvalue weighted by atomic mass is 9.81. The van der Waals surface area contributed by atoms with Crippen molar-refractivity contribution in [3.05, 3.63) is 107 Å². The molecule has 136 valence electrons. The van der Waals surface area contributed by atoms with Gasteiger partial charge < -0.3 is 4.84 Å². The van der Waals surface area contributed by atoms with E-state index in [0.717, 1.165) is 23.3 Å². The fourth-order valence-electron chi connectivity index (χ4n) is 3.33. The molecule has 0 atom stereocenters. The van der Waals surface area contributed by atoms with E-state index in [1.54, 1.807) is 0 Å². The molecule has 27 heavy (non-hydrogen) atoms. The molecule has 0 fully saturated rings. The molecule has 0 amide bonds. The Balaban J connectivity index is 1.70. The van der Waals surface area contributed by atoms with Crippen LogP contribution in [-0.4, -0.2) is 5.71 Å². The molecule has 0 bridgehead atoms. The zero-order chi connectivity index (χ0) is 18.9.